The van der Waals surface area contributed by atoms with Gasteiger partial charge in [-0.05, 0) is 17.7 Å². The molecule has 0 aliphatic heterocycles. The number of H-pyrrole nitrogens is 1. The number of benzene rings is 1. The number of fused-ring (bicyclic) bond motifs is 1. The normalized spacial score (nSPS) is 14.4. The maximum Gasteiger partial charge on any atom is 0.407 e. The van der Waals surface area contributed by atoms with Crippen LogP contribution in [0.25, 0.3) is 10.9 Å². The van der Waals surface area contributed by atoms with E-state index in [9.17, 15) is 13.2 Å². The van der Waals surface area contributed by atoms with Gasteiger partial charge in [-0.3, -0.25) is 0 Å². The molecule has 2 nitrogen and oxygen atoms in total. The zero-order valence-electron chi connectivity index (χ0n) is 7.68. The summed E-state index contributed by atoms with van der Waals surface area (Å²) in [6, 6.07) is 4.32. The van der Waals surface area contributed by atoms with Crippen molar-refractivity contribution < 1.29 is 13.2 Å². The first kappa shape index (κ1) is 10.0. The van der Waals surface area contributed by atoms with Crippen molar-refractivity contribution in [2.24, 2.45) is 5.73 Å². The first-order valence-electron chi connectivity index (χ1n) is 4.38. The first-order chi connectivity index (χ1) is 7.00. The van der Waals surface area contributed by atoms with E-state index in [2.05, 4.69) is 4.98 Å². The van der Waals surface area contributed by atoms with Crippen LogP contribution in [0.4, 0.5) is 13.2 Å². The summed E-state index contributed by atoms with van der Waals surface area (Å²) in [5.41, 5.74) is 5.92. The molecule has 0 saturated heterocycles. The monoisotopic (exact) mass is 214 g/mol. The van der Waals surface area contributed by atoms with Crippen LogP contribution in [0.3, 0.4) is 0 Å². The minimum atomic E-state index is -4.41. The highest BCUT2D eigenvalue weighted by Gasteiger charge is 2.38. The minimum absolute atomic E-state index is 0.0984. The Labute approximate surface area is 83.9 Å². The molecule has 0 spiro atoms. The Bertz CT molecular complexity index is 473. The van der Waals surface area contributed by atoms with E-state index in [1.54, 1.807) is 24.4 Å². The number of hydrogen-bond donors (Lipinski definition) is 2. The number of alkyl halides is 3. The summed E-state index contributed by atoms with van der Waals surface area (Å²) in [7, 11) is 0. The Hall–Kier alpha value is -1.49. The predicted molar refractivity (Wildman–Crippen MR) is 51.3 cm³/mol. The summed E-state index contributed by atoms with van der Waals surface area (Å²) in [6.07, 6.45) is -2.82. The third kappa shape index (κ3) is 1.70. The van der Waals surface area contributed by atoms with Gasteiger partial charge >= 0.3 is 6.18 Å². The van der Waals surface area contributed by atoms with Crippen molar-refractivity contribution in [3.63, 3.8) is 0 Å². The summed E-state index contributed by atoms with van der Waals surface area (Å²) < 4.78 is 37.3. The molecule has 3 N–H and O–H groups in total. The second-order valence-corrected chi connectivity index (χ2v) is 3.31. The Morgan fingerprint density at radius 2 is 1.93 bits per heavy atom. The van der Waals surface area contributed by atoms with Gasteiger partial charge in [0.15, 0.2) is 0 Å². The third-order valence-electron chi connectivity index (χ3n) is 2.32. The third-order valence-corrected chi connectivity index (χ3v) is 2.32. The molecule has 0 fully saturated rings. The number of aromatic nitrogens is 1. The molecule has 2 rings (SSSR count). The van der Waals surface area contributed by atoms with Gasteiger partial charge in [0.05, 0.1) is 0 Å². The van der Waals surface area contributed by atoms with Crippen LogP contribution < -0.4 is 5.73 Å². The molecule has 2 aromatic rings. The molecular weight excluding hydrogens is 205 g/mol. The van der Waals surface area contributed by atoms with E-state index in [4.69, 9.17) is 5.73 Å². The number of aromatic amines is 1. The summed E-state index contributed by atoms with van der Waals surface area (Å²) in [5.74, 6) is 0. The fraction of sp³-hybridized carbons (Fsp3) is 0.200. The smallest absolute Gasteiger partial charge is 0.361 e. The fourth-order valence-corrected chi connectivity index (χ4v) is 1.56. The van der Waals surface area contributed by atoms with Crippen molar-refractivity contribution in [3.05, 3.63) is 36.0 Å². The minimum Gasteiger partial charge on any atom is -0.361 e. The number of hydrogen-bond acceptors (Lipinski definition) is 1. The molecule has 1 heterocycles. The SMILES string of the molecule is N[C@H](c1cccc2[nH]ccc12)C(F)(F)F. The summed E-state index contributed by atoms with van der Waals surface area (Å²) >= 11 is 0. The topological polar surface area (TPSA) is 41.8 Å². The van der Waals surface area contributed by atoms with Crippen molar-refractivity contribution in [1.82, 2.24) is 4.98 Å². The van der Waals surface area contributed by atoms with Gasteiger partial charge in [-0.1, -0.05) is 12.1 Å². The van der Waals surface area contributed by atoms with E-state index in [1.807, 2.05) is 0 Å². The largest absolute Gasteiger partial charge is 0.407 e. The molecular formula is C10H9F3N2. The van der Waals surface area contributed by atoms with Crippen LogP contribution in [0.15, 0.2) is 30.5 Å². The lowest BCUT2D eigenvalue weighted by Crippen LogP contribution is -2.28. The van der Waals surface area contributed by atoms with Crippen molar-refractivity contribution in [2.45, 2.75) is 12.2 Å². The first-order valence-corrected chi connectivity index (χ1v) is 4.38. The zero-order valence-corrected chi connectivity index (χ0v) is 7.68. The molecule has 5 heteroatoms. The van der Waals surface area contributed by atoms with Crippen LogP contribution in [-0.4, -0.2) is 11.2 Å². The van der Waals surface area contributed by atoms with Gasteiger partial charge in [0.2, 0.25) is 0 Å². The highest BCUT2D eigenvalue weighted by Crippen LogP contribution is 2.33. The van der Waals surface area contributed by atoms with Crippen molar-refractivity contribution >= 4 is 10.9 Å². The van der Waals surface area contributed by atoms with Crippen LogP contribution in [0, 0.1) is 0 Å². The average molecular weight is 214 g/mol. The van der Waals surface area contributed by atoms with E-state index < -0.39 is 12.2 Å². The highest BCUT2D eigenvalue weighted by atomic mass is 19.4. The van der Waals surface area contributed by atoms with Crippen molar-refractivity contribution in [1.29, 1.82) is 0 Å². The number of rotatable bonds is 1. The average Bonchev–Trinajstić information content (AvgIpc) is 2.62. The number of halogens is 3. The highest BCUT2D eigenvalue weighted by molar-refractivity contribution is 5.83. The van der Waals surface area contributed by atoms with Gasteiger partial charge in [0.1, 0.15) is 6.04 Å². The molecule has 0 aliphatic carbocycles. The predicted octanol–water partition coefficient (Wildman–Crippen LogP) is 2.73. The Morgan fingerprint density at radius 3 is 2.60 bits per heavy atom. The molecule has 0 amide bonds. The van der Waals surface area contributed by atoms with E-state index >= 15 is 0 Å². The van der Waals surface area contributed by atoms with E-state index in [0.29, 0.717) is 10.9 Å². The lowest BCUT2D eigenvalue weighted by molar-refractivity contribution is -0.148. The van der Waals surface area contributed by atoms with Crippen molar-refractivity contribution in [3.8, 4) is 0 Å². The molecule has 1 aromatic heterocycles. The molecule has 15 heavy (non-hydrogen) atoms. The standard InChI is InChI=1S/C10H9F3N2/c11-10(12,13)9(14)7-2-1-3-8-6(7)4-5-15-8/h1-5,9,15H,14H2/t9-/m1/s1. The van der Waals surface area contributed by atoms with Gasteiger partial charge in [-0.25, -0.2) is 0 Å². The second kappa shape index (κ2) is 3.27. The molecule has 0 aliphatic rings. The summed E-state index contributed by atoms with van der Waals surface area (Å²) in [6.45, 7) is 0. The second-order valence-electron chi connectivity index (χ2n) is 3.31. The van der Waals surface area contributed by atoms with Gasteiger partial charge in [-0.15, -0.1) is 0 Å². The zero-order chi connectivity index (χ0) is 11.1. The molecule has 1 aromatic carbocycles. The molecule has 0 saturated carbocycles. The van der Waals surface area contributed by atoms with Crippen molar-refractivity contribution in [2.75, 3.05) is 0 Å². The Balaban J connectivity index is 2.56. The lowest BCUT2D eigenvalue weighted by Gasteiger charge is -2.16. The number of nitrogens with two attached hydrogens (primary N) is 1. The van der Waals surface area contributed by atoms with Crippen LogP contribution in [0.5, 0.6) is 0 Å². The number of nitrogens with one attached hydrogen (secondary N) is 1. The van der Waals surface area contributed by atoms with Crippen LogP contribution >= 0.6 is 0 Å². The van der Waals surface area contributed by atoms with Gasteiger partial charge < -0.3 is 10.7 Å². The summed E-state index contributed by atoms with van der Waals surface area (Å²) in [4.78, 5) is 2.84. The van der Waals surface area contributed by atoms with Gasteiger partial charge in [0.25, 0.3) is 0 Å². The van der Waals surface area contributed by atoms with E-state index in [-0.39, 0.29) is 5.56 Å². The maximum atomic E-state index is 12.4. The quantitative estimate of drug-likeness (QED) is 0.752. The lowest BCUT2D eigenvalue weighted by atomic mass is 10.0. The molecule has 0 bridgehead atoms. The van der Waals surface area contributed by atoms with E-state index in [0.717, 1.165) is 0 Å². The van der Waals surface area contributed by atoms with E-state index in [1.165, 1.54) is 6.07 Å². The molecule has 80 valence electrons. The maximum absolute atomic E-state index is 12.4. The van der Waals surface area contributed by atoms with Gasteiger partial charge in [-0.2, -0.15) is 13.2 Å². The molecule has 0 radical (unpaired) electrons. The Morgan fingerprint density at radius 1 is 1.20 bits per heavy atom. The van der Waals surface area contributed by atoms with Gasteiger partial charge in [0, 0.05) is 17.1 Å². The van der Waals surface area contributed by atoms with Crippen LogP contribution in [0.2, 0.25) is 0 Å². The summed E-state index contributed by atoms with van der Waals surface area (Å²) in [5, 5.41) is 0.516. The molecule has 1 atom stereocenters. The molecule has 0 unspecified atom stereocenters. The van der Waals surface area contributed by atoms with Crippen LogP contribution in [-0.2, 0) is 0 Å². The fourth-order valence-electron chi connectivity index (χ4n) is 1.56. The Kier molecular flexibility index (Phi) is 2.19. The van der Waals surface area contributed by atoms with Crippen LogP contribution in [0.1, 0.15) is 11.6 Å².